The zero-order valence-electron chi connectivity index (χ0n) is 9.32. The molecule has 1 rings (SSSR count). The molecule has 1 aromatic heterocycles. The van der Waals surface area contributed by atoms with Gasteiger partial charge in [0.15, 0.2) is 0 Å². The van der Waals surface area contributed by atoms with Crippen LogP contribution in [0, 0.1) is 0 Å². The van der Waals surface area contributed by atoms with E-state index in [4.69, 9.17) is 0 Å². The summed E-state index contributed by atoms with van der Waals surface area (Å²) >= 11 is 0. The fraction of sp³-hybridized carbons (Fsp3) is 0.182. The minimum absolute atomic E-state index is 0.383. The van der Waals surface area contributed by atoms with Gasteiger partial charge in [0.1, 0.15) is 0 Å². The highest BCUT2D eigenvalue weighted by atomic mass is 32.2. The van der Waals surface area contributed by atoms with Gasteiger partial charge in [0, 0.05) is 6.20 Å². The van der Waals surface area contributed by atoms with E-state index >= 15 is 0 Å². The largest absolute Gasteiger partial charge is 0.281 e. The second-order valence-corrected chi connectivity index (χ2v) is 5.29. The number of pyridine rings is 1. The van der Waals surface area contributed by atoms with Crippen molar-refractivity contribution >= 4 is 22.3 Å². The third-order valence-electron chi connectivity index (χ3n) is 1.84. The van der Waals surface area contributed by atoms with Crippen molar-refractivity contribution in [1.82, 2.24) is 9.71 Å². The molecule has 0 fully saturated rings. The summed E-state index contributed by atoms with van der Waals surface area (Å²) in [6.07, 6.45) is 2.67. The van der Waals surface area contributed by atoms with Crippen LogP contribution < -0.4 is 15.3 Å². The van der Waals surface area contributed by atoms with E-state index in [1.54, 1.807) is 25.3 Å². The van der Waals surface area contributed by atoms with Crippen molar-refractivity contribution in [3.63, 3.8) is 0 Å². The molecule has 0 bridgehead atoms. The van der Waals surface area contributed by atoms with Gasteiger partial charge in [-0.2, -0.15) is 0 Å². The topological polar surface area (TPSA) is 59.1 Å². The first kappa shape index (κ1) is 12.4. The van der Waals surface area contributed by atoms with Gasteiger partial charge in [-0.25, -0.2) is 8.42 Å². The zero-order valence-corrected chi connectivity index (χ0v) is 10.1. The maximum absolute atomic E-state index is 11.2. The number of sulfonamides is 1. The van der Waals surface area contributed by atoms with Crippen molar-refractivity contribution in [2.75, 3.05) is 6.26 Å². The summed E-state index contributed by atoms with van der Waals surface area (Å²) in [7, 11) is -3.35. The standard InChI is InChI=1S/C11H14N2O2S/c1-8(2)10(13-16(4,14)15)11-9(3)6-5-7-12-11/h5-7,13H,1,3H2,2,4H3/b11-10-. The lowest BCUT2D eigenvalue weighted by atomic mass is 10.2. The van der Waals surface area contributed by atoms with E-state index in [9.17, 15) is 8.42 Å². The van der Waals surface area contributed by atoms with Crippen LogP contribution in [0.3, 0.4) is 0 Å². The molecule has 0 amide bonds. The summed E-state index contributed by atoms with van der Waals surface area (Å²) in [5.41, 5.74) is 0.974. The minimum Gasteiger partial charge on any atom is -0.281 e. The van der Waals surface area contributed by atoms with Gasteiger partial charge in [-0.15, -0.1) is 0 Å². The Balaban J connectivity index is 3.56. The Morgan fingerprint density at radius 1 is 1.50 bits per heavy atom. The fourth-order valence-corrected chi connectivity index (χ4v) is 1.83. The number of aromatic nitrogens is 1. The zero-order chi connectivity index (χ0) is 12.3. The molecule has 0 unspecified atom stereocenters. The number of nitrogens with one attached hydrogen (secondary N) is 1. The van der Waals surface area contributed by atoms with Gasteiger partial charge in [0.2, 0.25) is 10.0 Å². The fourth-order valence-electron chi connectivity index (χ4n) is 1.19. The Hall–Kier alpha value is -1.62. The third-order valence-corrected chi connectivity index (χ3v) is 2.42. The highest BCUT2D eigenvalue weighted by Crippen LogP contribution is 2.01. The van der Waals surface area contributed by atoms with Crippen LogP contribution in [-0.2, 0) is 10.0 Å². The first-order valence-electron chi connectivity index (χ1n) is 4.59. The molecule has 4 nitrogen and oxygen atoms in total. The first-order valence-corrected chi connectivity index (χ1v) is 6.48. The van der Waals surface area contributed by atoms with Crippen LogP contribution in [0.25, 0.3) is 12.3 Å². The summed E-state index contributed by atoms with van der Waals surface area (Å²) in [6, 6.07) is 3.50. The smallest absolute Gasteiger partial charge is 0.229 e. The molecule has 0 aromatic carbocycles. The maximum Gasteiger partial charge on any atom is 0.229 e. The lowest BCUT2D eigenvalue weighted by Gasteiger charge is -2.08. The third kappa shape index (κ3) is 3.20. The van der Waals surface area contributed by atoms with Crippen molar-refractivity contribution in [1.29, 1.82) is 0 Å². The molecule has 0 aliphatic carbocycles. The Morgan fingerprint density at radius 2 is 2.12 bits per heavy atom. The van der Waals surface area contributed by atoms with E-state index in [2.05, 4.69) is 22.9 Å². The van der Waals surface area contributed by atoms with Crippen molar-refractivity contribution < 1.29 is 8.42 Å². The molecule has 0 aliphatic rings. The number of hydrogen-bond acceptors (Lipinski definition) is 3. The van der Waals surface area contributed by atoms with Crippen molar-refractivity contribution in [2.24, 2.45) is 0 Å². The quantitative estimate of drug-likeness (QED) is 0.788. The minimum atomic E-state index is -3.35. The summed E-state index contributed by atoms with van der Waals surface area (Å²) < 4.78 is 24.8. The number of hydrogen-bond donors (Lipinski definition) is 1. The molecule has 0 saturated heterocycles. The van der Waals surface area contributed by atoms with Gasteiger partial charge in [-0.3, -0.25) is 9.71 Å². The normalized spacial score (nSPS) is 13.1. The lowest BCUT2D eigenvalue weighted by Crippen LogP contribution is -2.36. The second-order valence-electron chi connectivity index (χ2n) is 3.54. The van der Waals surface area contributed by atoms with Crippen molar-refractivity contribution in [3.8, 4) is 0 Å². The molecular formula is C11H14N2O2S. The summed E-state index contributed by atoms with van der Waals surface area (Å²) in [6.45, 7) is 9.23. The van der Waals surface area contributed by atoms with Gasteiger partial charge >= 0.3 is 0 Å². The molecule has 16 heavy (non-hydrogen) atoms. The molecular weight excluding hydrogens is 224 g/mol. The monoisotopic (exact) mass is 238 g/mol. The van der Waals surface area contributed by atoms with E-state index in [-0.39, 0.29) is 0 Å². The Kier molecular flexibility index (Phi) is 3.49. The number of nitrogens with zero attached hydrogens (tertiary/aromatic N) is 1. The second kappa shape index (κ2) is 4.49. The Bertz CT molecular complexity index is 618. The van der Waals surface area contributed by atoms with Crippen LogP contribution in [0.5, 0.6) is 0 Å². The molecule has 86 valence electrons. The number of rotatable bonds is 3. The average molecular weight is 238 g/mol. The van der Waals surface area contributed by atoms with Crippen LogP contribution in [0.1, 0.15) is 6.92 Å². The Labute approximate surface area is 95.1 Å². The summed E-state index contributed by atoms with van der Waals surface area (Å²) in [4.78, 5) is 4.10. The molecule has 1 N–H and O–H groups in total. The van der Waals surface area contributed by atoms with Gasteiger partial charge in [0.05, 0.1) is 17.3 Å². The molecule has 1 aromatic rings. The average Bonchev–Trinajstić information content (AvgIpc) is 2.13. The van der Waals surface area contributed by atoms with Crippen molar-refractivity contribution in [2.45, 2.75) is 6.92 Å². The predicted octanol–water partition coefficient (Wildman–Crippen LogP) is -0.275. The molecule has 5 heteroatoms. The van der Waals surface area contributed by atoms with Gasteiger partial charge in [0.25, 0.3) is 0 Å². The first-order chi connectivity index (χ1) is 7.31. The van der Waals surface area contributed by atoms with Crippen LogP contribution in [-0.4, -0.2) is 19.7 Å². The van der Waals surface area contributed by atoms with E-state index in [0.717, 1.165) is 6.26 Å². The van der Waals surface area contributed by atoms with E-state index < -0.39 is 10.0 Å². The highest BCUT2D eigenvalue weighted by Gasteiger charge is 2.07. The summed E-state index contributed by atoms with van der Waals surface area (Å²) in [5, 5.41) is 1.15. The van der Waals surface area contributed by atoms with E-state index in [1.165, 1.54) is 0 Å². The SMILES string of the molecule is C=C(C)/C(NS(C)(=O)=O)=c1/ncccc1=C. The van der Waals surface area contributed by atoms with Gasteiger partial charge in [-0.05, 0) is 23.8 Å². The molecule has 1 heterocycles. The van der Waals surface area contributed by atoms with Gasteiger partial charge in [-0.1, -0.05) is 19.2 Å². The van der Waals surface area contributed by atoms with E-state index in [1.807, 2.05) is 0 Å². The van der Waals surface area contributed by atoms with Crippen LogP contribution in [0.2, 0.25) is 0 Å². The molecule has 0 saturated carbocycles. The predicted molar refractivity (Wildman–Crippen MR) is 65.2 cm³/mol. The van der Waals surface area contributed by atoms with E-state index in [0.29, 0.717) is 21.8 Å². The van der Waals surface area contributed by atoms with Crippen LogP contribution >= 0.6 is 0 Å². The molecule has 0 radical (unpaired) electrons. The van der Waals surface area contributed by atoms with Crippen LogP contribution in [0.15, 0.2) is 30.5 Å². The van der Waals surface area contributed by atoms with Gasteiger partial charge < -0.3 is 0 Å². The van der Waals surface area contributed by atoms with Crippen molar-refractivity contribution in [3.05, 3.63) is 41.0 Å². The summed E-state index contributed by atoms with van der Waals surface area (Å²) in [5.74, 6) is 0. The highest BCUT2D eigenvalue weighted by molar-refractivity contribution is 7.89. The lowest BCUT2D eigenvalue weighted by molar-refractivity contribution is 0.597. The maximum atomic E-state index is 11.2. The molecule has 0 atom stereocenters. The molecule has 0 aliphatic heterocycles. The van der Waals surface area contributed by atoms with Crippen LogP contribution in [0.4, 0.5) is 0 Å². The Morgan fingerprint density at radius 3 is 2.56 bits per heavy atom. The molecule has 0 spiro atoms.